The van der Waals surface area contributed by atoms with E-state index >= 15 is 0 Å². The minimum absolute atomic E-state index is 0.217. The standard InChI is InChI=1S/C25H26N6O2/c1-4-19-16(2)23(31(3)30-19)25(33)28-21(17-10-6-5-7-11-17)14-18-15-22(32)29-24(27-18)20-12-8-9-13-26-20/h5-13,15,21H,4,14H2,1-3H3,(H,28,33)(H,27,29,32)/t21-/m1/s1. The predicted octanol–water partition coefficient (Wildman–Crippen LogP) is 3.15. The Hall–Kier alpha value is -4.07. The molecule has 0 bridgehead atoms. The number of hydrogen-bond donors (Lipinski definition) is 2. The fourth-order valence-corrected chi connectivity index (χ4v) is 3.95. The van der Waals surface area contributed by atoms with Crippen LogP contribution in [0.5, 0.6) is 0 Å². The highest BCUT2D eigenvalue weighted by atomic mass is 16.2. The van der Waals surface area contributed by atoms with Crippen LogP contribution in [0.1, 0.15) is 46.0 Å². The van der Waals surface area contributed by atoms with Crippen LogP contribution in [0.3, 0.4) is 0 Å². The van der Waals surface area contributed by atoms with Crippen LogP contribution in [-0.2, 0) is 19.9 Å². The number of amides is 1. The van der Waals surface area contributed by atoms with E-state index in [-0.39, 0.29) is 17.5 Å². The summed E-state index contributed by atoms with van der Waals surface area (Å²) >= 11 is 0. The fourth-order valence-electron chi connectivity index (χ4n) is 3.95. The fraction of sp³-hybridized carbons (Fsp3) is 0.240. The molecule has 1 amide bonds. The molecule has 0 saturated carbocycles. The number of nitrogens with one attached hydrogen (secondary N) is 2. The summed E-state index contributed by atoms with van der Waals surface area (Å²) in [7, 11) is 1.77. The quantitative estimate of drug-likeness (QED) is 0.457. The van der Waals surface area contributed by atoms with Crippen molar-refractivity contribution in [1.82, 2.24) is 30.0 Å². The van der Waals surface area contributed by atoms with E-state index in [1.807, 2.05) is 50.2 Å². The number of benzene rings is 1. The largest absolute Gasteiger partial charge is 0.344 e. The molecule has 0 aliphatic rings. The summed E-state index contributed by atoms with van der Waals surface area (Å²) in [6.07, 6.45) is 2.74. The number of H-pyrrole nitrogens is 1. The van der Waals surface area contributed by atoms with E-state index in [0.29, 0.717) is 29.3 Å². The van der Waals surface area contributed by atoms with Crippen molar-refractivity contribution in [3.8, 4) is 11.5 Å². The van der Waals surface area contributed by atoms with Crippen molar-refractivity contribution in [3.05, 3.63) is 99.4 Å². The van der Waals surface area contributed by atoms with E-state index < -0.39 is 0 Å². The zero-order valence-electron chi connectivity index (χ0n) is 18.9. The molecule has 0 spiro atoms. The lowest BCUT2D eigenvalue weighted by atomic mass is 10.0. The molecule has 0 aliphatic carbocycles. The second kappa shape index (κ2) is 9.60. The minimum Gasteiger partial charge on any atom is -0.344 e. The molecule has 4 rings (SSSR count). The van der Waals surface area contributed by atoms with Gasteiger partial charge in [0.05, 0.1) is 17.4 Å². The van der Waals surface area contributed by atoms with Crippen molar-refractivity contribution < 1.29 is 4.79 Å². The SMILES string of the molecule is CCc1nn(C)c(C(=O)N[C@H](Cc2cc(=O)[nH]c(-c3ccccn3)n2)c2ccccc2)c1C. The molecular formula is C25H26N6O2. The van der Waals surface area contributed by atoms with Gasteiger partial charge in [0.2, 0.25) is 0 Å². The summed E-state index contributed by atoms with van der Waals surface area (Å²) in [5, 5.41) is 7.59. The summed E-state index contributed by atoms with van der Waals surface area (Å²) < 4.78 is 1.62. The van der Waals surface area contributed by atoms with Crippen molar-refractivity contribution in [1.29, 1.82) is 0 Å². The van der Waals surface area contributed by atoms with Crippen molar-refractivity contribution in [2.45, 2.75) is 32.7 Å². The lowest BCUT2D eigenvalue weighted by molar-refractivity contribution is 0.0926. The number of carbonyl (C=O) groups excluding carboxylic acids is 1. The minimum atomic E-state index is -0.385. The molecule has 0 aliphatic heterocycles. The van der Waals surface area contributed by atoms with Crippen LogP contribution in [0.4, 0.5) is 0 Å². The van der Waals surface area contributed by atoms with Crippen LogP contribution >= 0.6 is 0 Å². The Morgan fingerprint density at radius 3 is 2.58 bits per heavy atom. The summed E-state index contributed by atoms with van der Waals surface area (Å²) in [6, 6.07) is 16.2. The highest BCUT2D eigenvalue weighted by Gasteiger charge is 2.23. The monoisotopic (exact) mass is 442 g/mol. The van der Waals surface area contributed by atoms with Crippen LogP contribution in [0, 0.1) is 6.92 Å². The Morgan fingerprint density at radius 1 is 1.15 bits per heavy atom. The first kappa shape index (κ1) is 22.1. The van der Waals surface area contributed by atoms with E-state index in [1.165, 1.54) is 6.07 Å². The maximum absolute atomic E-state index is 13.3. The molecule has 0 fully saturated rings. The highest BCUT2D eigenvalue weighted by Crippen LogP contribution is 2.20. The maximum Gasteiger partial charge on any atom is 0.270 e. The van der Waals surface area contributed by atoms with Crippen LogP contribution < -0.4 is 10.9 Å². The van der Waals surface area contributed by atoms with Crippen LogP contribution in [-0.4, -0.2) is 30.6 Å². The molecular weight excluding hydrogens is 416 g/mol. The molecule has 8 nitrogen and oxygen atoms in total. The molecule has 33 heavy (non-hydrogen) atoms. The van der Waals surface area contributed by atoms with E-state index in [9.17, 15) is 9.59 Å². The normalized spacial score (nSPS) is 11.8. The Bertz CT molecular complexity index is 1310. The van der Waals surface area contributed by atoms with Gasteiger partial charge < -0.3 is 10.3 Å². The molecule has 2 N–H and O–H groups in total. The van der Waals surface area contributed by atoms with E-state index in [0.717, 1.165) is 23.2 Å². The Labute approximate surface area is 191 Å². The van der Waals surface area contributed by atoms with Gasteiger partial charge in [-0.3, -0.25) is 19.3 Å². The Morgan fingerprint density at radius 2 is 1.91 bits per heavy atom. The molecule has 0 radical (unpaired) electrons. The number of rotatable bonds is 7. The molecule has 4 aromatic rings. The van der Waals surface area contributed by atoms with E-state index in [4.69, 9.17) is 0 Å². The molecule has 3 heterocycles. The summed E-state index contributed by atoms with van der Waals surface area (Å²) in [4.78, 5) is 37.3. The number of hydrogen-bond acceptors (Lipinski definition) is 5. The van der Waals surface area contributed by atoms with E-state index in [1.54, 1.807) is 30.1 Å². The number of pyridine rings is 1. The van der Waals surface area contributed by atoms with E-state index in [2.05, 4.69) is 25.4 Å². The van der Waals surface area contributed by atoms with Crippen LogP contribution in [0.25, 0.3) is 11.5 Å². The average molecular weight is 443 g/mol. The number of nitrogens with zero attached hydrogens (tertiary/aromatic N) is 4. The average Bonchev–Trinajstić information content (AvgIpc) is 3.12. The molecule has 168 valence electrons. The molecule has 0 unspecified atom stereocenters. The third-order valence-corrected chi connectivity index (χ3v) is 5.56. The smallest absolute Gasteiger partial charge is 0.270 e. The van der Waals surface area contributed by atoms with Crippen LogP contribution in [0.2, 0.25) is 0 Å². The van der Waals surface area contributed by atoms with Crippen molar-refractivity contribution >= 4 is 5.91 Å². The zero-order chi connectivity index (χ0) is 23.4. The van der Waals surface area contributed by atoms with Crippen molar-refractivity contribution in [3.63, 3.8) is 0 Å². The Kier molecular flexibility index (Phi) is 6.44. The van der Waals surface area contributed by atoms with Gasteiger partial charge >= 0.3 is 0 Å². The lowest BCUT2D eigenvalue weighted by Gasteiger charge is -2.19. The molecule has 1 atom stereocenters. The van der Waals surface area contributed by atoms with Gasteiger partial charge in [0.25, 0.3) is 11.5 Å². The highest BCUT2D eigenvalue weighted by molar-refractivity contribution is 5.94. The van der Waals surface area contributed by atoms with Gasteiger partial charge in [-0.05, 0) is 31.0 Å². The van der Waals surface area contributed by atoms with Crippen molar-refractivity contribution in [2.75, 3.05) is 0 Å². The topological polar surface area (TPSA) is 106 Å². The second-order valence-electron chi connectivity index (χ2n) is 7.84. The van der Waals surface area contributed by atoms with Gasteiger partial charge in [-0.15, -0.1) is 0 Å². The molecule has 8 heteroatoms. The first-order chi connectivity index (χ1) is 16.0. The maximum atomic E-state index is 13.3. The number of aromatic amines is 1. The first-order valence-electron chi connectivity index (χ1n) is 10.9. The number of aromatic nitrogens is 5. The Balaban J connectivity index is 1.67. The number of carbonyl (C=O) groups is 1. The number of aryl methyl sites for hydroxylation is 2. The zero-order valence-corrected chi connectivity index (χ0v) is 18.9. The third-order valence-electron chi connectivity index (χ3n) is 5.56. The van der Waals surface area contributed by atoms with Gasteiger partial charge in [0, 0.05) is 31.3 Å². The second-order valence-corrected chi connectivity index (χ2v) is 7.84. The van der Waals surface area contributed by atoms with Gasteiger partial charge in [0.15, 0.2) is 5.82 Å². The summed E-state index contributed by atoms with van der Waals surface area (Å²) in [5.41, 5.74) is 4.09. The van der Waals surface area contributed by atoms with Gasteiger partial charge in [-0.1, -0.05) is 43.3 Å². The van der Waals surface area contributed by atoms with Gasteiger partial charge in [-0.2, -0.15) is 5.10 Å². The van der Waals surface area contributed by atoms with Crippen LogP contribution in [0.15, 0.2) is 65.6 Å². The third kappa shape index (κ3) is 4.90. The van der Waals surface area contributed by atoms with Gasteiger partial charge in [0.1, 0.15) is 11.4 Å². The summed E-state index contributed by atoms with van der Waals surface area (Å²) in [6.45, 7) is 3.93. The van der Waals surface area contributed by atoms with Gasteiger partial charge in [-0.25, -0.2) is 4.98 Å². The van der Waals surface area contributed by atoms with Crippen molar-refractivity contribution in [2.24, 2.45) is 7.05 Å². The predicted molar refractivity (Wildman–Crippen MR) is 126 cm³/mol. The molecule has 3 aromatic heterocycles. The molecule has 1 aromatic carbocycles. The molecule has 0 saturated heterocycles. The summed E-state index contributed by atoms with van der Waals surface area (Å²) in [5.74, 6) is 0.178. The first-order valence-corrected chi connectivity index (χ1v) is 10.9. The lowest BCUT2D eigenvalue weighted by Crippen LogP contribution is -2.32.